The fourth-order valence-corrected chi connectivity index (χ4v) is 1.54. The Kier molecular flexibility index (Phi) is 8.06. The summed E-state index contributed by atoms with van der Waals surface area (Å²) in [5.41, 5.74) is 1.54. The van der Waals surface area contributed by atoms with E-state index in [0.29, 0.717) is 5.57 Å². The molecule has 0 radical (unpaired) electrons. The summed E-state index contributed by atoms with van der Waals surface area (Å²) in [6, 6.07) is 0. The Morgan fingerprint density at radius 2 is 1.53 bits per heavy atom. The molecular formula is C13H24O2. The Morgan fingerprint density at radius 1 is 1.00 bits per heavy atom. The summed E-state index contributed by atoms with van der Waals surface area (Å²) in [6.07, 6.45) is 8.49. The molecule has 0 aromatic heterocycles. The first-order valence-corrected chi connectivity index (χ1v) is 5.99. The number of carbonyl (C=O) groups is 1. The van der Waals surface area contributed by atoms with Gasteiger partial charge in [-0.3, -0.25) is 0 Å². The Bertz CT molecular complexity index is 217. The molecule has 0 aromatic rings. The molecule has 2 nitrogen and oxygen atoms in total. The topological polar surface area (TPSA) is 37.3 Å². The van der Waals surface area contributed by atoms with E-state index < -0.39 is 5.97 Å². The molecule has 0 aliphatic heterocycles. The van der Waals surface area contributed by atoms with Crippen LogP contribution in [-0.2, 0) is 4.79 Å². The van der Waals surface area contributed by atoms with Crippen LogP contribution in [0.3, 0.4) is 0 Å². The Hall–Kier alpha value is -0.790. The van der Waals surface area contributed by atoms with Crippen molar-refractivity contribution in [3.8, 4) is 0 Å². The van der Waals surface area contributed by atoms with Crippen LogP contribution in [0.2, 0.25) is 0 Å². The fraction of sp³-hybridized carbons (Fsp3) is 0.769. The second-order valence-electron chi connectivity index (χ2n) is 4.23. The quantitative estimate of drug-likeness (QED) is 0.484. The number of rotatable bonds is 8. The molecule has 0 aliphatic rings. The van der Waals surface area contributed by atoms with E-state index in [-0.39, 0.29) is 0 Å². The van der Waals surface area contributed by atoms with Gasteiger partial charge in [0, 0.05) is 5.57 Å². The standard InChI is InChI=1S/C13H24O2/c1-4-5-6-7-8-9-10-11(2)12(3)13(14)15/h4-10H2,1-3H3,(H,14,15)/b12-11-. The Morgan fingerprint density at radius 3 is 2.07 bits per heavy atom. The van der Waals surface area contributed by atoms with E-state index in [0.717, 1.165) is 18.4 Å². The summed E-state index contributed by atoms with van der Waals surface area (Å²) < 4.78 is 0. The number of hydrogen-bond acceptors (Lipinski definition) is 1. The molecule has 0 aromatic carbocycles. The predicted molar refractivity (Wildman–Crippen MR) is 64.0 cm³/mol. The largest absolute Gasteiger partial charge is 0.478 e. The first kappa shape index (κ1) is 14.2. The van der Waals surface area contributed by atoms with Gasteiger partial charge in [0.2, 0.25) is 0 Å². The average molecular weight is 212 g/mol. The highest BCUT2D eigenvalue weighted by atomic mass is 16.4. The van der Waals surface area contributed by atoms with Crippen LogP contribution in [0.5, 0.6) is 0 Å². The zero-order valence-corrected chi connectivity index (χ0v) is 10.3. The summed E-state index contributed by atoms with van der Waals surface area (Å²) in [7, 11) is 0. The average Bonchev–Trinajstić information content (AvgIpc) is 2.21. The Labute approximate surface area is 93.4 Å². The molecule has 0 amide bonds. The van der Waals surface area contributed by atoms with Gasteiger partial charge in [0.15, 0.2) is 0 Å². The smallest absolute Gasteiger partial charge is 0.331 e. The number of allylic oxidation sites excluding steroid dienone is 1. The number of carboxylic acids is 1. The highest BCUT2D eigenvalue weighted by Crippen LogP contribution is 2.14. The lowest BCUT2D eigenvalue weighted by Crippen LogP contribution is -1.99. The zero-order valence-electron chi connectivity index (χ0n) is 10.3. The van der Waals surface area contributed by atoms with E-state index >= 15 is 0 Å². The first-order valence-electron chi connectivity index (χ1n) is 5.99. The summed E-state index contributed by atoms with van der Waals surface area (Å²) in [4.78, 5) is 10.7. The van der Waals surface area contributed by atoms with Crippen LogP contribution >= 0.6 is 0 Å². The number of hydrogen-bond donors (Lipinski definition) is 1. The van der Waals surface area contributed by atoms with Crippen molar-refractivity contribution in [2.24, 2.45) is 0 Å². The van der Waals surface area contributed by atoms with Crippen LogP contribution < -0.4 is 0 Å². The molecule has 0 fully saturated rings. The third-order valence-corrected chi connectivity index (χ3v) is 2.87. The summed E-state index contributed by atoms with van der Waals surface area (Å²) in [5.74, 6) is -0.779. The molecule has 0 heterocycles. The maximum absolute atomic E-state index is 10.7. The Balaban J connectivity index is 3.59. The molecule has 0 saturated carbocycles. The molecule has 0 saturated heterocycles. The molecule has 0 unspecified atom stereocenters. The van der Waals surface area contributed by atoms with Gasteiger partial charge in [0.25, 0.3) is 0 Å². The van der Waals surface area contributed by atoms with Gasteiger partial charge in [-0.2, -0.15) is 0 Å². The summed E-state index contributed by atoms with van der Waals surface area (Å²) >= 11 is 0. The highest BCUT2D eigenvalue weighted by Gasteiger charge is 2.04. The molecule has 88 valence electrons. The first-order chi connectivity index (χ1) is 7.09. The second kappa shape index (κ2) is 8.51. The van der Waals surface area contributed by atoms with Crippen molar-refractivity contribution in [2.75, 3.05) is 0 Å². The number of aliphatic carboxylic acids is 1. The van der Waals surface area contributed by atoms with Gasteiger partial charge in [-0.1, -0.05) is 44.6 Å². The van der Waals surface area contributed by atoms with Crippen LogP contribution in [0.15, 0.2) is 11.1 Å². The lowest BCUT2D eigenvalue weighted by molar-refractivity contribution is -0.132. The van der Waals surface area contributed by atoms with Crippen molar-refractivity contribution < 1.29 is 9.90 Å². The third-order valence-electron chi connectivity index (χ3n) is 2.87. The molecule has 0 rings (SSSR count). The lowest BCUT2D eigenvalue weighted by Gasteiger charge is -2.04. The van der Waals surface area contributed by atoms with Gasteiger partial charge in [0.05, 0.1) is 0 Å². The highest BCUT2D eigenvalue weighted by molar-refractivity contribution is 5.86. The number of unbranched alkanes of at least 4 members (excludes halogenated alkanes) is 5. The van der Waals surface area contributed by atoms with Crippen molar-refractivity contribution in [1.82, 2.24) is 0 Å². The van der Waals surface area contributed by atoms with Crippen molar-refractivity contribution in [3.63, 3.8) is 0 Å². The minimum absolute atomic E-state index is 0.517. The molecule has 15 heavy (non-hydrogen) atoms. The zero-order chi connectivity index (χ0) is 11.7. The molecule has 0 atom stereocenters. The van der Waals surface area contributed by atoms with Crippen molar-refractivity contribution >= 4 is 5.97 Å². The van der Waals surface area contributed by atoms with Crippen LogP contribution in [-0.4, -0.2) is 11.1 Å². The van der Waals surface area contributed by atoms with Gasteiger partial charge in [-0.05, 0) is 26.7 Å². The van der Waals surface area contributed by atoms with Gasteiger partial charge >= 0.3 is 5.97 Å². The molecule has 0 aliphatic carbocycles. The van der Waals surface area contributed by atoms with Gasteiger partial charge in [0.1, 0.15) is 0 Å². The molecule has 2 heteroatoms. The fourth-order valence-electron chi connectivity index (χ4n) is 1.54. The normalized spacial score (nSPS) is 12.5. The lowest BCUT2D eigenvalue weighted by atomic mass is 10.0. The van der Waals surface area contributed by atoms with Gasteiger partial charge < -0.3 is 5.11 Å². The molecule has 1 N–H and O–H groups in total. The molecular weight excluding hydrogens is 188 g/mol. The van der Waals surface area contributed by atoms with Gasteiger partial charge in [-0.15, -0.1) is 0 Å². The predicted octanol–water partition coefficient (Wildman–Crippen LogP) is 4.16. The van der Waals surface area contributed by atoms with E-state index in [1.165, 1.54) is 32.1 Å². The van der Waals surface area contributed by atoms with E-state index in [2.05, 4.69) is 6.92 Å². The van der Waals surface area contributed by atoms with Crippen molar-refractivity contribution in [2.45, 2.75) is 65.7 Å². The van der Waals surface area contributed by atoms with E-state index in [9.17, 15) is 4.79 Å². The van der Waals surface area contributed by atoms with Crippen molar-refractivity contribution in [3.05, 3.63) is 11.1 Å². The van der Waals surface area contributed by atoms with Crippen molar-refractivity contribution in [1.29, 1.82) is 0 Å². The SMILES string of the molecule is CCCCCCCC/C(C)=C(/C)C(=O)O. The molecule has 0 spiro atoms. The number of carboxylic acid groups (broad SMARTS) is 1. The minimum atomic E-state index is -0.779. The summed E-state index contributed by atoms with van der Waals surface area (Å²) in [6.45, 7) is 5.83. The molecule has 0 bridgehead atoms. The maximum Gasteiger partial charge on any atom is 0.331 e. The van der Waals surface area contributed by atoms with Crippen LogP contribution in [0.1, 0.15) is 65.7 Å². The monoisotopic (exact) mass is 212 g/mol. The van der Waals surface area contributed by atoms with E-state index in [4.69, 9.17) is 5.11 Å². The van der Waals surface area contributed by atoms with E-state index in [1.807, 2.05) is 6.92 Å². The maximum atomic E-state index is 10.7. The third kappa shape index (κ3) is 7.18. The van der Waals surface area contributed by atoms with E-state index in [1.54, 1.807) is 6.92 Å². The minimum Gasteiger partial charge on any atom is -0.478 e. The van der Waals surface area contributed by atoms with Gasteiger partial charge in [-0.25, -0.2) is 4.79 Å². The van der Waals surface area contributed by atoms with Crippen LogP contribution in [0.25, 0.3) is 0 Å². The van der Waals surface area contributed by atoms with Crippen LogP contribution in [0.4, 0.5) is 0 Å². The van der Waals surface area contributed by atoms with Crippen LogP contribution in [0, 0.1) is 0 Å². The second-order valence-corrected chi connectivity index (χ2v) is 4.23. The summed E-state index contributed by atoms with van der Waals surface area (Å²) in [5, 5.41) is 8.77.